The zero-order valence-electron chi connectivity index (χ0n) is 29.3. The van der Waals surface area contributed by atoms with Crippen molar-refractivity contribution in [2.24, 2.45) is 0 Å². The quantitative estimate of drug-likeness (QED) is 0.185. The Kier molecular flexibility index (Phi) is 5.88. The standard InChI is InChI=1S/C50H31NO3/c1-30-13-2-9-21-42(30)51(43-22-12-18-36-34-16-5-11-24-45(34)54-49(36)43)31-25-26-40-47(27-31)53-48-28-37-35-17-6-10-23-44(35)52-46(37)29-41(48)50(40)38-19-7-3-14-32(38)33-15-4-8-20-39(33)50/h2-29H,1H3. The number of furan rings is 2. The molecule has 4 nitrogen and oxygen atoms in total. The fraction of sp³-hybridized carbons (Fsp3) is 0.0400. The molecule has 0 atom stereocenters. The summed E-state index contributed by atoms with van der Waals surface area (Å²) in [5, 5.41) is 4.29. The van der Waals surface area contributed by atoms with E-state index in [1.807, 2.05) is 24.3 Å². The second-order valence-electron chi connectivity index (χ2n) is 14.4. The van der Waals surface area contributed by atoms with Gasteiger partial charge in [0.2, 0.25) is 0 Å². The highest BCUT2D eigenvalue weighted by atomic mass is 16.5. The maximum Gasteiger partial charge on any atom is 0.159 e. The average Bonchev–Trinajstić information content (AvgIpc) is 3.87. The normalized spacial score (nSPS) is 13.6. The smallest absolute Gasteiger partial charge is 0.159 e. The van der Waals surface area contributed by atoms with Crippen LogP contribution in [-0.4, -0.2) is 0 Å². The summed E-state index contributed by atoms with van der Waals surface area (Å²) < 4.78 is 20.3. The van der Waals surface area contributed by atoms with Crippen LogP contribution in [0.5, 0.6) is 11.5 Å². The molecule has 1 spiro atoms. The number of rotatable bonds is 3. The molecule has 0 fully saturated rings. The molecule has 3 heterocycles. The lowest BCUT2D eigenvalue weighted by atomic mass is 9.66. The Morgan fingerprint density at radius 2 is 1.04 bits per heavy atom. The van der Waals surface area contributed by atoms with Gasteiger partial charge in [-0.3, -0.25) is 0 Å². The fourth-order valence-electron chi connectivity index (χ4n) is 9.38. The molecule has 1 aliphatic carbocycles. The minimum Gasteiger partial charge on any atom is -0.457 e. The van der Waals surface area contributed by atoms with Crippen molar-refractivity contribution in [3.63, 3.8) is 0 Å². The topological polar surface area (TPSA) is 38.8 Å². The first-order chi connectivity index (χ1) is 26.7. The zero-order chi connectivity index (χ0) is 35.5. The molecule has 0 saturated heterocycles. The van der Waals surface area contributed by atoms with E-state index in [0.29, 0.717) is 0 Å². The molecule has 0 amide bonds. The number of para-hydroxylation sites is 4. The highest BCUT2D eigenvalue weighted by molar-refractivity contribution is 6.10. The molecular formula is C50H31NO3. The van der Waals surface area contributed by atoms with Gasteiger partial charge < -0.3 is 18.5 Å². The van der Waals surface area contributed by atoms with Crippen molar-refractivity contribution in [3.05, 3.63) is 198 Å². The molecule has 254 valence electrons. The lowest BCUT2D eigenvalue weighted by molar-refractivity contribution is 0.437. The highest BCUT2D eigenvalue weighted by Crippen LogP contribution is 2.63. The first-order valence-electron chi connectivity index (χ1n) is 18.4. The van der Waals surface area contributed by atoms with Crippen molar-refractivity contribution >= 4 is 60.9 Å². The van der Waals surface area contributed by atoms with Gasteiger partial charge in [0.05, 0.1) is 16.8 Å². The number of nitrogens with zero attached hydrogens (tertiary/aromatic N) is 1. The number of ether oxygens (including phenoxy) is 1. The summed E-state index contributed by atoms with van der Waals surface area (Å²) in [6, 6.07) is 60.3. The molecule has 0 saturated carbocycles. The molecule has 0 radical (unpaired) electrons. The van der Waals surface area contributed by atoms with E-state index >= 15 is 0 Å². The van der Waals surface area contributed by atoms with Gasteiger partial charge in [0.1, 0.15) is 28.2 Å². The maximum absolute atomic E-state index is 7.16. The van der Waals surface area contributed by atoms with E-state index in [2.05, 4.69) is 157 Å². The second kappa shape index (κ2) is 10.8. The van der Waals surface area contributed by atoms with Gasteiger partial charge in [0, 0.05) is 44.4 Å². The van der Waals surface area contributed by atoms with Crippen molar-refractivity contribution < 1.29 is 13.6 Å². The first-order valence-corrected chi connectivity index (χ1v) is 18.4. The molecule has 0 bridgehead atoms. The van der Waals surface area contributed by atoms with Crippen LogP contribution >= 0.6 is 0 Å². The van der Waals surface area contributed by atoms with Crippen LogP contribution in [0.4, 0.5) is 17.1 Å². The third-order valence-electron chi connectivity index (χ3n) is 11.7. The molecule has 4 heteroatoms. The molecule has 8 aromatic carbocycles. The molecule has 2 aromatic heterocycles. The molecule has 0 unspecified atom stereocenters. The van der Waals surface area contributed by atoms with Gasteiger partial charge >= 0.3 is 0 Å². The number of benzene rings is 8. The van der Waals surface area contributed by atoms with Crippen molar-refractivity contribution in [2.75, 3.05) is 4.90 Å². The van der Waals surface area contributed by atoms with E-state index in [0.717, 1.165) is 89.1 Å². The third kappa shape index (κ3) is 3.81. The zero-order valence-corrected chi connectivity index (χ0v) is 29.3. The van der Waals surface area contributed by atoms with E-state index in [1.165, 1.54) is 22.3 Å². The number of anilines is 3. The summed E-state index contributed by atoms with van der Waals surface area (Å²) in [7, 11) is 0. The molecule has 10 aromatic rings. The van der Waals surface area contributed by atoms with Gasteiger partial charge in [-0.25, -0.2) is 0 Å². The third-order valence-corrected chi connectivity index (χ3v) is 11.7. The Hall–Kier alpha value is -7.04. The van der Waals surface area contributed by atoms with Crippen LogP contribution in [0.1, 0.15) is 27.8 Å². The molecular weight excluding hydrogens is 663 g/mol. The van der Waals surface area contributed by atoms with Gasteiger partial charge in [-0.2, -0.15) is 0 Å². The van der Waals surface area contributed by atoms with E-state index in [9.17, 15) is 0 Å². The van der Waals surface area contributed by atoms with Gasteiger partial charge in [-0.05, 0) is 77.2 Å². The Bertz CT molecular complexity index is 3140. The summed E-state index contributed by atoms with van der Waals surface area (Å²) in [5.41, 5.74) is 14.1. The average molecular weight is 694 g/mol. The maximum atomic E-state index is 7.16. The lowest BCUT2D eigenvalue weighted by Gasteiger charge is -2.40. The van der Waals surface area contributed by atoms with Crippen LogP contribution in [0.2, 0.25) is 0 Å². The van der Waals surface area contributed by atoms with Gasteiger partial charge in [-0.1, -0.05) is 121 Å². The van der Waals surface area contributed by atoms with Crippen molar-refractivity contribution in [1.82, 2.24) is 0 Å². The van der Waals surface area contributed by atoms with Crippen LogP contribution in [-0.2, 0) is 5.41 Å². The van der Waals surface area contributed by atoms with Gasteiger partial charge in [0.25, 0.3) is 0 Å². The fourth-order valence-corrected chi connectivity index (χ4v) is 9.38. The van der Waals surface area contributed by atoms with E-state index < -0.39 is 5.41 Å². The van der Waals surface area contributed by atoms with Crippen LogP contribution in [0, 0.1) is 6.92 Å². The van der Waals surface area contributed by atoms with Crippen LogP contribution in [0.25, 0.3) is 55.0 Å². The van der Waals surface area contributed by atoms with E-state index in [4.69, 9.17) is 13.6 Å². The predicted molar refractivity (Wildman–Crippen MR) is 218 cm³/mol. The molecule has 1 aliphatic heterocycles. The van der Waals surface area contributed by atoms with Crippen molar-refractivity contribution in [2.45, 2.75) is 12.3 Å². The van der Waals surface area contributed by atoms with Crippen LogP contribution < -0.4 is 9.64 Å². The minimum absolute atomic E-state index is 0.631. The van der Waals surface area contributed by atoms with Crippen LogP contribution in [0.15, 0.2) is 179 Å². The number of aryl methyl sites for hydroxylation is 1. The minimum atomic E-state index is -0.631. The molecule has 0 N–H and O–H groups in total. The lowest BCUT2D eigenvalue weighted by Crippen LogP contribution is -2.32. The van der Waals surface area contributed by atoms with Crippen LogP contribution in [0.3, 0.4) is 0 Å². The summed E-state index contributed by atoms with van der Waals surface area (Å²) in [5.74, 6) is 1.64. The number of fused-ring (bicyclic) bond motifs is 15. The Balaban J connectivity index is 1.16. The Morgan fingerprint density at radius 1 is 0.426 bits per heavy atom. The largest absolute Gasteiger partial charge is 0.457 e. The van der Waals surface area contributed by atoms with Crippen molar-refractivity contribution in [1.29, 1.82) is 0 Å². The molecule has 12 rings (SSSR count). The monoisotopic (exact) mass is 693 g/mol. The molecule has 54 heavy (non-hydrogen) atoms. The number of hydrogen-bond acceptors (Lipinski definition) is 4. The van der Waals surface area contributed by atoms with Crippen molar-refractivity contribution in [3.8, 4) is 22.6 Å². The molecule has 2 aliphatic rings. The number of hydrogen-bond donors (Lipinski definition) is 0. The Morgan fingerprint density at radius 3 is 1.81 bits per heavy atom. The SMILES string of the molecule is Cc1ccccc1N(c1ccc2c(c1)Oc1cc3c(cc1C21c2ccccc2-c2ccccc21)oc1ccccc13)c1cccc2c1oc1ccccc12. The van der Waals surface area contributed by atoms with E-state index in [-0.39, 0.29) is 0 Å². The Labute approximate surface area is 311 Å². The summed E-state index contributed by atoms with van der Waals surface area (Å²) in [4.78, 5) is 2.31. The first kappa shape index (κ1) is 29.5. The van der Waals surface area contributed by atoms with E-state index in [1.54, 1.807) is 0 Å². The second-order valence-corrected chi connectivity index (χ2v) is 14.4. The summed E-state index contributed by atoms with van der Waals surface area (Å²) >= 11 is 0. The predicted octanol–water partition coefficient (Wildman–Crippen LogP) is 13.7. The van der Waals surface area contributed by atoms with Gasteiger partial charge in [0.15, 0.2) is 5.58 Å². The van der Waals surface area contributed by atoms with Gasteiger partial charge in [-0.15, -0.1) is 0 Å². The highest BCUT2D eigenvalue weighted by Gasteiger charge is 2.51. The summed E-state index contributed by atoms with van der Waals surface area (Å²) in [6.07, 6.45) is 0. The summed E-state index contributed by atoms with van der Waals surface area (Å²) in [6.45, 7) is 2.16.